The molecule has 1 aliphatic carbocycles. The second-order valence-corrected chi connectivity index (χ2v) is 17.7. The SMILES string of the molecule is OC1(c2ccccc2-c2ccccc2)c2ccccc2-c2cccc(-c3ccc(N(c4ccc(-c5cccc6ccccc56)cc4)c4ccc(-c5cccc6c5oc5ccccc56)cc4)cc3)c21. The first-order chi connectivity index (χ1) is 33.6. The summed E-state index contributed by atoms with van der Waals surface area (Å²) in [6.07, 6.45) is 0. The van der Waals surface area contributed by atoms with Crippen molar-refractivity contribution in [2.75, 3.05) is 4.90 Å². The van der Waals surface area contributed by atoms with Crippen molar-refractivity contribution < 1.29 is 9.52 Å². The number of nitrogens with zero attached hydrogens (tertiary/aromatic N) is 1. The van der Waals surface area contributed by atoms with Crippen LogP contribution in [0.3, 0.4) is 0 Å². The Morgan fingerprint density at radius 2 is 0.750 bits per heavy atom. The molecule has 1 unspecified atom stereocenters. The summed E-state index contributed by atoms with van der Waals surface area (Å²) in [6, 6.07) is 89.6. The maximum absolute atomic E-state index is 13.5. The van der Waals surface area contributed by atoms with E-state index in [9.17, 15) is 5.11 Å². The lowest BCUT2D eigenvalue weighted by molar-refractivity contribution is 0.132. The molecule has 11 aromatic carbocycles. The standard InChI is InChI=1S/C65H43NO2/c67-65(60-28-9-6-20-53(60)44-15-2-1-3-16-44)61-29-10-7-21-56(61)58-26-13-24-54(63(58)65)46-33-39-49(40-34-46)66(48-37-31-45(32-38-48)52-23-12-18-43-17-4-5-19-51(43)52)50-41-35-47(36-42-50)55-25-14-27-59-57-22-8-11-30-62(57)68-64(55)59/h1-42,67H. The van der Waals surface area contributed by atoms with Gasteiger partial charge in [-0.2, -0.15) is 0 Å². The molecule has 1 N–H and O–H groups in total. The molecule has 3 heteroatoms. The quantitative estimate of drug-likeness (QED) is 0.165. The molecule has 0 aliphatic heterocycles. The van der Waals surface area contributed by atoms with Crippen LogP contribution < -0.4 is 4.90 Å². The zero-order valence-corrected chi connectivity index (χ0v) is 37.1. The third-order valence-corrected chi connectivity index (χ3v) is 13.9. The Morgan fingerprint density at radius 3 is 1.47 bits per heavy atom. The fraction of sp³-hybridized carbons (Fsp3) is 0.0154. The van der Waals surface area contributed by atoms with E-state index in [1.165, 1.54) is 16.3 Å². The summed E-state index contributed by atoms with van der Waals surface area (Å²) in [5.74, 6) is 0. The summed E-state index contributed by atoms with van der Waals surface area (Å²) >= 11 is 0. The highest BCUT2D eigenvalue weighted by Gasteiger charge is 2.46. The molecule has 0 fully saturated rings. The van der Waals surface area contributed by atoms with Crippen molar-refractivity contribution in [2.24, 2.45) is 0 Å². The first-order valence-corrected chi connectivity index (χ1v) is 23.2. The van der Waals surface area contributed by atoms with Crippen molar-refractivity contribution in [2.45, 2.75) is 5.60 Å². The molecule has 1 heterocycles. The van der Waals surface area contributed by atoms with Crippen molar-refractivity contribution in [3.05, 3.63) is 271 Å². The smallest absolute Gasteiger partial charge is 0.143 e. The molecule has 320 valence electrons. The number of aliphatic hydroxyl groups is 1. The van der Waals surface area contributed by atoms with E-state index in [0.717, 1.165) is 106 Å². The largest absolute Gasteiger partial charge is 0.455 e. The monoisotopic (exact) mass is 869 g/mol. The highest BCUT2D eigenvalue weighted by molar-refractivity contribution is 6.09. The van der Waals surface area contributed by atoms with E-state index in [2.05, 4.69) is 229 Å². The molecule has 1 atom stereocenters. The van der Waals surface area contributed by atoms with E-state index in [0.29, 0.717) is 0 Å². The number of rotatable bonds is 8. The molecule has 3 nitrogen and oxygen atoms in total. The third kappa shape index (κ3) is 6.32. The zero-order chi connectivity index (χ0) is 45.2. The number of hydrogen-bond donors (Lipinski definition) is 1. The zero-order valence-electron chi connectivity index (χ0n) is 37.1. The molecule has 0 radical (unpaired) electrons. The van der Waals surface area contributed by atoms with Gasteiger partial charge in [-0.3, -0.25) is 0 Å². The number of anilines is 3. The van der Waals surface area contributed by atoms with Gasteiger partial charge in [0.25, 0.3) is 0 Å². The van der Waals surface area contributed by atoms with E-state index < -0.39 is 5.60 Å². The van der Waals surface area contributed by atoms with E-state index in [-0.39, 0.29) is 0 Å². The van der Waals surface area contributed by atoms with Crippen LogP contribution >= 0.6 is 0 Å². The van der Waals surface area contributed by atoms with Crippen LogP contribution in [0.4, 0.5) is 17.1 Å². The lowest BCUT2D eigenvalue weighted by Crippen LogP contribution is -2.27. The topological polar surface area (TPSA) is 36.6 Å². The van der Waals surface area contributed by atoms with Gasteiger partial charge in [0.05, 0.1) is 0 Å². The van der Waals surface area contributed by atoms with Crippen LogP contribution in [0.25, 0.3) is 88.3 Å². The number of benzene rings is 11. The van der Waals surface area contributed by atoms with Gasteiger partial charge in [-0.05, 0) is 103 Å². The van der Waals surface area contributed by atoms with Gasteiger partial charge in [-0.25, -0.2) is 0 Å². The summed E-state index contributed by atoms with van der Waals surface area (Å²) < 4.78 is 6.46. The minimum absolute atomic E-state index is 0.861. The minimum atomic E-state index is -1.40. The van der Waals surface area contributed by atoms with Gasteiger partial charge < -0.3 is 14.4 Å². The van der Waals surface area contributed by atoms with Crippen molar-refractivity contribution in [1.29, 1.82) is 0 Å². The number of hydrogen-bond acceptors (Lipinski definition) is 3. The lowest BCUT2D eigenvalue weighted by Gasteiger charge is -2.31. The minimum Gasteiger partial charge on any atom is -0.455 e. The molecule has 0 bridgehead atoms. The highest BCUT2D eigenvalue weighted by atomic mass is 16.3. The van der Waals surface area contributed by atoms with Gasteiger partial charge in [-0.15, -0.1) is 0 Å². The predicted octanol–water partition coefficient (Wildman–Crippen LogP) is 17.1. The van der Waals surface area contributed by atoms with E-state index in [1.807, 2.05) is 30.3 Å². The van der Waals surface area contributed by atoms with E-state index in [1.54, 1.807) is 0 Å². The normalized spacial score (nSPS) is 14.0. The molecule has 68 heavy (non-hydrogen) atoms. The summed E-state index contributed by atoms with van der Waals surface area (Å²) in [5, 5.41) is 18.2. The maximum Gasteiger partial charge on any atom is 0.143 e. The van der Waals surface area contributed by atoms with Gasteiger partial charge in [0.15, 0.2) is 0 Å². The van der Waals surface area contributed by atoms with Crippen LogP contribution in [0.15, 0.2) is 259 Å². The Bertz CT molecular complexity index is 3850. The van der Waals surface area contributed by atoms with Gasteiger partial charge in [0.1, 0.15) is 16.8 Å². The Hall–Kier alpha value is -8.76. The van der Waals surface area contributed by atoms with Crippen LogP contribution in [0.2, 0.25) is 0 Å². The second kappa shape index (κ2) is 16.0. The average Bonchev–Trinajstić information content (AvgIpc) is 3.93. The molecule has 12 aromatic rings. The first kappa shape index (κ1) is 39.6. The Kier molecular flexibility index (Phi) is 9.31. The van der Waals surface area contributed by atoms with Crippen molar-refractivity contribution in [1.82, 2.24) is 0 Å². The van der Waals surface area contributed by atoms with Crippen molar-refractivity contribution >= 4 is 49.8 Å². The summed E-state index contributed by atoms with van der Waals surface area (Å²) in [6.45, 7) is 0. The average molecular weight is 870 g/mol. The van der Waals surface area contributed by atoms with Gasteiger partial charge in [0.2, 0.25) is 0 Å². The van der Waals surface area contributed by atoms with Gasteiger partial charge >= 0.3 is 0 Å². The second-order valence-electron chi connectivity index (χ2n) is 17.7. The van der Waals surface area contributed by atoms with Crippen LogP contribution in [0, 0.1) is 0 Å². The molecule has 0 amide bonds. The molecule has 1 aliphatic rings. The molecule has 13 rings (SSSR count). The van der Waals surface area contributed by atoms with E-state index >= 15 is 0 Å². The maximum atomic E-state index is 13.5. The molecular formula is C65H43NO2. The molecule has 0 saturated heterocycles. The van der Waals surface area contributed by atoms with Crippen LogP contribution in [-0.2, 0) is 5.60 Å². The molecular weight excluding hydrogens is 827 g/mol. The molecule has 1 aromatic heterocycles. The molecule has 0 saturated carbocycles. The van der Waals surface area contributed by atoms with Gasteiger partial charge in [0, 0.05) is 50.1 Å². The Morgan fingerprint density at radius 1 is 0.309 bits per heavy atom. The Balaban J connectivity index is 0.927. The van der Waals surface area contributed by atoms with Crippen LogP contribution in [0.1, 0.15) is 16.7 Å². The van der Waals surface area contributed by atoms with E-state index in [4.69, 9.17) is 4.42 Å². The van der Waals surface area contributed by atoms with Crippen molar-refractivity contribution in [3.8, 4) is 55.6 Å². The summed E-state index contributed by atoms with van der Waals surface area (Å²) in [4.78, 5) is 2.32. The summed E-state index contributed by atoms with van der Waals surface area (Å²) in [5.41, 5.74) is 16.8. The number of fused-ring (bicyclic) bond motifs is 7. The number of para-hydroxylation sites is 2. The first-order valence-electron chi connectivity index (χ1n) is 23.2. The fourth-order valence-electron chi connectivity index (χ4n) is 10.8. The number of furan rings is 1. The predicted molar refractivity (Wildman–Crippen MR) is 282 cm³/mol. The van der Waals surface area contributed by atoms with Crippen molar-refractivity contribution in [3.63, 3.8) is 0 Å². The van der Waals surface area contributed by atoms with Crippen LogP contribution in [-0.4, -0.2) is 5.11 Å². The fourth-order valence-corrected chi connectivity index (χ4v) is 10.8. The highest BCUT2D eigenvalue weighted by Crippen LogP contribution is 2.56. The summed E-state index contributed by atoms with van der Waals surface area (Å²) in [7, 11) is 0. The lowest BCUT2D eigenvalue weighted by atomic mass is 9.78. The Labute approximate surface area is 395 Å². The third-order valence-electron chi connectivity index (χ3n) is 13.9. The molecule has 0 spiro atoms. The van der Waals surface area contributed by atoms with Gasteiger partial charge in [-0.1, -0.05) is 212 Å². The van der Waals surface area contributed by atoms with Crippen LogP contribution in [0.5, 0.6) is 0 Å².